The van der Waals surface area contributed by atoms with Gasteiger partial charge in [-0.15, -0.1) is 0 Å². The minimum absolute atomic E-state index is 0.117. The van der Waals surface area contributed by atoms with Gasteiger partial charge in [-0.25, -0.2) is 14.4 Å². The summed E-state index contributed by atoms with van der Waals surface area (Å²) in [5, 5.41) is 0. The molecule has 0 saturated carbocycles. The van der Waals surface area contributed by atoms with Crippen molar-refractivity contribution in [2.75, 3.05) is 0 Å². The van der Waals surface area contributed by atoms with Crippen molar-refractivity contribution in [1.29, 1.82) is 0 Å². The Balaban J connectivity index is 1.72. The second-order valence-corrected chi connectivity index (χ2v) is 6.22. The lowest BCUT2D eigenvalue weighted by Gasteiger charge is -2.11. The van der Waals surface area contributed by atoms with E-state index in [9.17, 15) is 9.18 Å². The Labute approximate surface area is 155 Å². The topological polar surface area (TPSA) is 60.7 Å². The van der Waals surface area contributed by atoms with Crippen LogP contribution in [0.25, 0.3) is 22.3 Å². The fourth-order valence-corrected chi connectivity index (χ4v) is 3.04. The summed E-state index contributed by atoms with van der Waals surface area (Å²) < 4.78 is 16.3. The van der Waals surface area contributed by atoms with Gasteiger partial charge in [0, 0.05) is 23.7 Å². The molecule has 0 aliphatic rings. The number of halogens is 1. The number of hydrogen-bond acceptors (Lipinski definition) is 4. The SMILES string of the molecule is CCc1cc(-c2ccc(Cn3c(=O)cnc4ncccc43)c(F)c2)ccn1. The van der Waals surface area contributed by atoms with E-state index in [1.54, 1.807) is 30.6 Å². The molecule has 0 radical (unpaired) electrons. The maximum absolute atomic E-state index is 14.8. The van der Waals surface area contributed by atoms with Gasteiger partial charge in [-0.1, -0.05) is 19.1 Å². The molecule has 4 rings (SSSR count). The van der Waals surface area contributed by atoms with Crippen LogP contribution >= 0.6 is 0 Å². The van der Waals surface area contributed by atoms with Gasteiger partial charge in [0.1, 0.15) is 5.82 Å². The first-order valence-electron chi connectivity index (χ1n) is 8.70. The van der Waals surface area contributed by atoms with Crippen LogP contribution in [-0.4, -0.2) is 19.5 Å². The molecule has 27 heavy (non-hydrogen) atoms. The standard InChI is InChI=1S/C21H17FN4O/c1-2-17-10-15(7-9-23-17)14-5-6-16(18(22)11-14)13-26-19-4-3-8-24-21(19)25-12-20(26)27/h3-12H,2,13H2,1H3. The molecule has 1 aromatic carbocycles. The van der Waals surface area contributed by atoms with Crippen LogP contribution in [-0.2, 0) is 13.0 Å². The van der Waals surface area contributed by atoms with Crippen LogP contribution in [0.4, 0.5) is 4.39 Å². The van der Waals surface area contributed by atoms with Crippen LogP contribution in [0.2, 0.25) is 0 Å². The first-order chi connectivity index (χ1) is 13.2. The van der Waals surface area contributed by atoms with Crippen LogP contribution in [0.15, 0.2) is 65.8 Å². The lowest BCUT2D eigenvalue weighted by molar-refractivity contribution is 0.599. The van der Waals surface area contributed by atoms with Gasteiger partial charge in [0.25, 0.3) is 5.56 Å². The first-order valence-corrected chi connectivity index (χ1v) is 8.70. The number of benzene rings is 1. The zero-order valence-corrected chi connectivity index (χ0v) is 14.8. The number of aryl methyl sites for hydroxylation is 1. The highest BCUT2D eigenvalue weighted by Crippen LogP contribution is 2.23. The molecule has 0 saturated heterocycles. The van der Waals surface area contributed by atoms with Crippen molar-refractivity contribution in [3.05, 3.63) is 88.5 Å². The molecule has 0 unspecified atom stereocenters. The summed E-state index contributed by atoms with van der Waals surface area (Å²) in [6.45, 7) is 2.15. The number of aromatic nitrogens is 4. The van der Waals surface area contributed by atoms with Crippen LogP contribution in [0.1, 0.15) is 18.2 Å². The highest BCUT2D eigenvalue weighted by molar-refractivity contribution is 5.69. The second-order valence-electron chi connectivity index (χ2n) is 6.22. The zero-order chi connectivity index (χ0) is 18.8. The quantitative estimate of drug-likeness (QED) is 0.558. The maximum atomic E-state index is 14.8. The predicted octanol–water partition coefficient (Wildman–Crippen LogP) is 3.60. The molecule has 3 aromatic heterocycles. The van der Waals surface area contributed by atoms with Gasteiger partial charge in [0.05, 0.1) is 18.3 Å². The van der Waals surface area contributed by atoms with Gasteiger partial charge >= 0.3 is 0 Å². The molecule has 134 valence electrons. The van der Waals surface area contributed by atoms with E-state index >= 15 is 0 Å². The van der Waals surface area contributed by atoms with Crippen LogP contribution in [0, 0.1) is 5.82 Å². The maximum Gasteiger partial charge on any atom is 0.269 e. The van der Waals surface area contributed by atoms with Crippen molar-refractivity contribution < 1.29 is 4.39 Å². The Kier molecular flexibility index (Phi) is 4.46. The third-order valence-electron chi connectivity index (χ3n) is 4.51. The summed E-state index contributed by atoms with van der Waals surface area (Å²) in [5.41, 5.74) is 3.83. The van der Waals surface area contributed by atoms with Crippen molar-refractivity contribution in [1.82, 2.24) is 19.5 Å². The lowest BCUT2D eigenvalue weighted by Crippen LogP contribution is -2.21. The molecule has 6 heteroatoms. The molecule has 0 spiro atoms. The summed E-state index contributed by atoms with van der Waals surface area (Å²) in [6, 6.07) is 12.4. The number of pyridine rings is 2. The van der Waals surface area contributed by atoms with Crippen molar-refractivity contribution >= 4 is 11.2 Å². The fraction of sp³-hybridized carbons (Fsp3) is 0.143. The van der Waals surface area contributed by atoms with E-state index in [4.69, 9.17) is 0 Å². The fourth-order valence-electron chi connectivity index (χ4n) is 3.04. The van der Waals surface area contributed by atoms with Crippen LogP contribution in [0.3, 0.4) is 0 Å². The zero-order valence-electron chi connectivity index (χ0n) is 14.8. The van der Waals surface area contributed by atoms with Crippen molar-refractivity contribution in [2.24, 2.45) is 0 Å². The smallest absolute Gasteiger partial charge is 0.269 e. The molecule has 0 amide bonds. The van der Waals surface area contributed by atoms with Crippen LogP contribution in [0.5, 0.6) is 0 Å². The lowest BCUT2D eigenvalue weighted by atomic mass is 10.0. The van der Waals surface area contributed by atoms with E-state index in [1.165, 1.54) is 16.8 Å². The molecule has 0 fully saturated rings. The van der Waals surface area contributed by atoms with Gasteiger partial charge < -0.3 is 0 Å². The third-order valence-corrected chi connectivity index (χ3v) is 4.51. The molecule has 5 nitrogen and oxygen atoms in total. The van der Waals surface area contributed by atoms with E-state index in [1.807, 2.05) is 25.1 Å². The number of hydrogen-bond donors (Lipinski definition) is 0. The first kappa shape index (κ1) is 17.0. The number of rotatable bonds is 4. The van der Waals surface area contributed by atoms with Crippen molar-refractivity contribution in [3.8, 4) is 11.1 Å². The van der Waals surface area contributed by atoms with Gasteiger partial charge in [0.15, 0.2) is 5.65 Å². The van der Waals surface area contributed by atoms with E-state index in [2.05, 4.69) is 15.0 Å². The van der Waals surface area contributed by atoms with Gasteiger partial charge in [-0.3, -0.25) is 14.3 Å². The minimum atomic E-state index is -0.358. The van der Waals surface area contributed by atoms with E-state index in [0.717, 1.165) is 23.2 Å². The molecular formula is C21H17FN4O. The summed E-state index contributed by atoms with van der Waals surface area (Å²) in [4.78, 5) is 24.7. The molecular weight excluding hydrogens is 343 g/mol. The van der Waals surface area contributed by atoms with Gasteiger partial charge in [0.2, 0.25) is 0 Å². The van der Waals surface area contributed by atoms with Crippen molar-refractivity contribution in [2.45, 2.75) is 19.9 Å². The average Bonchev–Trinajstić information content (AvgIpc) is 2.71. The molecule has 4 aromatic rings. The van der Waals surface area contributed by atoms with E-state index < -0.39 is 0 Å². The minimum Gasteiger partial charge on any atom is -0.299 e. The molecule has 0 N–H and O–H groups in total. The number of fused-ring (bicyclic) bond motifs is 1. The molecule has 0 bridgehead atoms. The molecule has 0 aliphatic heterocycles. The second kappa shape index (κ2) is 7.07. The summed E-state index contributed by atoms with van der Waals surface area (Å²) in [5.74, 6) is -0.358. The Morgan fingerprint density at radius 3 is 2.67 bits per heavy atom. The normalized spacial score (nSPS) is 11.0. The third kappa shape index (κ3) is 3.33. The van der Waals surface area contributed by atoms with Crippen molar-refractivity contribution in [3.63, 3.8) is 0 Å². The number of nitrogens with zero attached hydrogens (tertiary/aromatic N) is 4. The van der Waals surface area contributed by atoms with Crippen LogP contribution < -0.4 is 5.56 Å². The highest BCUT2D eigenvalue weighted by Gasteiger charge is 2.10. The average molecular weight is 360 g/mol. The molecule has 0 atom stereocenters. The van der Waals surface area contributed by atoms with Gasteiger partial charge in [-0.2, -0.15) is 0 Å². The summed E-state index contributed by atoms with van der Waals surface area (Å²) >= 11 is 0. The Bertz CT molecular complexity index is 1190. The highest BCUT2D eigenvalue weighted by atomic mass is 19.1. The summed E-state index contributed by atoms with van der Waals surface area (Å²) in [6.07, 6.45) is 5.37. The molecule has 3 heterocycles. The Morgan fingerprint density at radius 1 is 1.00 bits per heavy atom. The monoisotopic (exact) mass is 360 g/mol. The largest absolute Gasteiger partial charge is 0.299 e. The van der Waals surface area contributed by atoms with E-state index in [0.29, 0.717) is 16.7 Å². The summed E-state index contributed by atoms with van der Waals surface area (Å²) in [7, 11) is 0. The Morgan fingerprint density at radius 2 is 1.85 bits per heavy atom. The van der Waals surface area contributed by atoms with E-state index in [-0.39, 0.29) is 17.9 Å². The predicted molar refractivity (Wildman–Crippen MR) is 102 cm³/mol. The molecule has 0 aliphatic carbocycles. The Hall–Kier alpha value is -3.41. The van der Waals surface area contributed by atoms with Gasteiger partial charge in [-0.05, 0) is 47.9 Å².